The highest BCUT2D eigenvalue weighted by molar-refractivity contribution is 7.18. The molecule has 1 N–H and O–H groups in total. The number of nitrogens with one attached hydrogen (secondary N) is 1. The molecule has 3 aromatic rings. The Bertz CT molecular complexity index is 1240. The van der Waals surface area contributed by atoms with Crippen molar-refractivity contribution in [3.8, 4) is 0 Å². The molecule has 0 saturated carbocycles. The molecule has 35 heavy (non-hydrogen) atoms. The van der Waals surface area contributed by atoms with Crippen LogP contribution in [0.3, 0.4) is 0 Å². The number of anilines is 1. The number of carbonyl (C=O) groups is 3. The lowest BCUT2D eigenvalue weighted by molar-refractivity contribution is 0.0464. The van der Waals surface area contributed by atoms with E-state index in [1.54, 1.807) is 13.8 Å². The van der Waals surface area contributed by atoms with E-state index in [1.165, 1.54) is 0 Å². The summed E-state index contributed by atoms with van der Waals surface area (Å²) >= 11 is 1.04. The molecule has 0 unspecified atom stereocenters. The summed E-state index contributed by atoms with van der Waals surface area (Å²) in [6.07, 6.45) is 1.92. The van der Waals surface area contributed by atoms with Crippen molar-refractivity contribution >= 4 is 45.1 Å². The first kappa shape index (κ1) is 26.5. The van der Waals surface area contributed by atoms with E-state index in [1.807, 2.05) is 49.6 Å². The second-order valence-corrected chi connectivity index (χ2v) is 9.94. The Hall–Kier alpha value is -3.13. The van der Waals surface area contributed by atoms with Crippen LogP contribution in [-0.4, -0.2) is 35.6 Å². The smallest absolute Gasteiger partial charge is 0.348 e. The minimum absolute atomic E-state index is 0.177. The summed E-state index contributed by atoms with van der Waals surface area (Å²) in [7, 11) is 0. The number of aryl methyl sites for hydroxylation is 2. The number of thiophene rings is 1. The molecular weight excluding hydrogens is 464 g/mol. The number of ether oxygens (including phenoxy) is 2. The fourth-order valence-electron chi connectivity index (χ4n) is 4.03. The van der Waals surface area contributed by atoms with E-state index in [4.69, 9.17) is 9.47 Å². The minimum Gasteiger partial charge on any atom is -0.462 e. The third-order valence-electron chi connectivity index (χ3n) is 5.76. The number of unbranched alkanes of at least 4 members (excludes halogenated alkanes) is 1. The van der Waals surface area contributed by atoms with Crippen LogP contribution in [0.1, 0.15) is 82.2 Å². The molecule has 0 spiro atoms. The van der Waals surface area contributed by atoms with Gasteiger partial charge in [0.15, 0.2) is 0 Å². The molecule has 8 heteroatoms. The molecule has 0 fully saturated rings. The third-order valence-corrected chi connectivity index (χ3v) is 6.95. The number of hydrogen-bond acceptors (Lipinski definition) is 6. The maximum atomic E-state index is 13.6. The highest BCUT2D eigenvalue weighted by Crippen LogP contribution is 2.35. The number of esters is 2. The molecule has 188 valence electrons. The Kier molecular flexibility index (Phi) is 8.72. The first-order valence-electron chi connectivity index (χ1n) is 12.1. The van der Waals surface area contributed by atoms with Gasteiger partial charge in [-0.25, -0.2) is 9.59 Å². The molecule has 2 heterocycles. The molecule has 0 atom stereocenters. The SMILES string of the molecule is CCCCn1c(C(=O)Nc2sc(C(=O)OCC(C)C)c(C)c2C(=O)OCC)c(C)c2ccccc21. The quantitative estimate of drug-likeness (QED) is 0.329. The van der Waals surface area contributed by atoms with Gasteiger partial charge in [0.25, 0.3) is 5.91 Å². The summed E-state index contributed by atoms with van der Waals surface area (Å²) in [5.74, 6) is -1.25. The number of para-hydroxylation sites is 1. The van der Waals surface area contributed by atoms with Crippen molar-refractivity contribution < 1.29 is 23.9 Å². The van der Waals surface area contributed by atoms with Crippen molar-refractivity contribution in [2.45, 2.75) is 60.9 Å². The van der Waals surface area contributed by atoms with Gasteiger partial charge in [-0.05, 0) is 50.3 Å². The first-order chi connectivity index (χ1) is 16.7. The van der Waals surface area contributed by atoms with Gasteiger partial charge in [-0.1, -0.05) is 45.4 Å². The van der Waals surface area contributed by atoms with E-state index in [9.17, 15) is 14.4 Å². The average molecular weight is 499 g/mol. The van der Waals surface area contributed by atoms with Gasteiger partial charge < -0.3 is 19.4 Å². The number of benzene rings is 1. The molecule has 0 aliphatic carbocycles. The van der Waals surface area contributed by atoms with Crippen LogP contribution in [0.25, 0.3) is 10.9 Å². The summed E-state index contributed by atoms with van der Waals surface area (Å²) < 4.78 is 12.7. The Morgan fingerprint density at radius 3 is 2.40 bits per heavy atom. The minimum atomic E-state index is -0.581. The van der Waals surface area contributed by atoms with Crippen LogP contribution in [0.15, 0.2) is 24.3 Å². The summed E-state index contributed by atoms with van der Waals surface area (Å²) in [6, 6.07) is 7.93. The van der Waals surface area contributed by atoms with Crippen molar-refractivity contribution in [2.24, 2.45) is 5.92 Å². The lowest BCUT2D eigenvalue weighted by Gasteiger charge is -2.12. The van der Waals surface area contributed by atoms with Crippen LogP contribution < -0.4 is 5.32 Å². The standard InChI is InChI=1S/C27H34N2O5S/c1-7-9-14-29-20-13-11-10-12-19(20)17(5)22(29)24(30)28-25-21(26(31)33-8-2)18(6)23(35-25)27(32)34-15-16(3)4/h10-13,16H,7-9,14-15H2,1-6H3,(H,28,30). The summed E-state index contributed by atoms with van der Waals surface area (Å²) in [6.45, 7) is 12.5. The molecule has 1 amide bonds. The van der Waals surface area contributed by atoms with Crippen LogP contribution in [0.5, 0.6) is 0 Å². The molecule has 0 radical (unpaired) electrons. The fourth-order valence-corrected chi connectivity index (χ4v) is 5.12. The summed E-state index contributed by atoms with van der Waals surface area (Å²) in [4.78, 5) is 39.5. The van der Waals surface area contributed by atoms with Crippen molar-refractivity contribution in [1.29, 1.82) is 0 Å². The average Bonchev–Trinajstić information content (AvgIpc) is 3.30. The Balaban J connectivity index is 2.04. The fraction of sp³-hybridized carbons (Fsp3) is 0.444. The first-order valence-corrected chi connectivity index (χ1v) is 12.9. The van der Waals surface area contributed by atoms with Crippen LogP contribution in [-0.2, 0) is 16.0 Å². The van der Waals surface area contributed by atoms with Crippen molar-refractivity contribution in [2.75, 3.05) is 18.5 Å². The number of amides is 1. The molecule has 0 bridgehead atoms. The van der Waals surface area contributed by atoms with Gasteiger partial charge in [0.2, 0.25) is 0 Å². The Labute approximate surface area is 210 Å². The zero-order valence-electron chi connectivity index (χ0n) is 21.3. The maximum absolute atomic E-state index is 13.6. The summed E-state index contributed by atoms with van der Waals surface area (Å²) in [5, 5.41) is 4.22. The van der Waals surface area contributed by atoms with Gasteiger partial charge in [-0.3, -0.25) is 4.79 Å². The van der Waals surface area contributed by atoms with E-state index in [0.717, 1.165) is 40.6 Å². The highest BCUT2D eigenvalue weighted by Gasteiger charge is 2.29. The second-order valence-electron chi connectivity index (χ2n) is 8.92. The van der Waals surface area contributed by atoms with Gasteiger partial charge in [0, 0.05) is 17.4 Å². The molecule has 0 saturated heterocycles. The van der Waals surface area contributed by atoms with E-state index in [2.05, 4.69) is 12.2 Å². The number of carbonyl (C=O) groups excluding carboxylic acids is 3. The van der Waals surface area contributed by atoms with Gasteiger partial charge in [0.1, 0.15) is 15.6 Å². The van der Waals surface area contributed by atoms with Crippen molar-refractivity contribution in [3.63, 3.8) is 0 Å². The van der Waals surface area contributed by atoms with Crippen LogP contribution >= 0.6 is 11.3 Å². The Morgan fingerprint density at radius 1 is 1.03 bits per heavy atom. The van der Waals surface area contributed by atoms with Gasteiger partial charge >= 0.3 is 11.9 Å². The highest BCUT2D eigenvalue weighted by atomic mass is 32.1. The topological polar surface area (TPSA) is 86.6 Å². The maximum Gasteiger partial charge on any atom is 0.348 e. The number of nitrogens with zero attached hydrogens (tertiary/aromatic N) is 1. The normalized spacial score (nSPS) is 11.2. The monoisotopic (exact) mass is 498 g/mol. The number of aromatic nitrogens is 1. The summed E-state index contributed by atoms with van der Waals surface area (Å²) in [5.41, 5.74) is 3.05. The van der Waals surface area contributed by atoms with Crippen molar-refractivity contribution in [1.82, 2.24) is 4.57 Å². The zero-order chi connectivity index (χ0) is 25.7. The molecule has 1 aromatic carbocycles. The van der Waals surface area contributed by atoms with Crippen LogP contribution in [0.2, 0.25) is 0 Å². The number of hydrogen-bond donors (Lipinski definition) is 1. The second kappa shape index (κ2) is 11.5. The number of fused-ring (bicyclic) bond motifs is 1. The van der Waals surface area contributed by atoms with Gasteiger partial charge in [0.05, 0.1) is 18.8 Å². The molecule has 7 nitrogen and oxygen atoms in total. The molecular formula is C27H34N2O5S. The molecule has 3 rings (SSSR count). The van der Waals surface area contributed by atoms with Gasteiger partial charge in [-0.15, -0.1) is 11.3 Å². The van der Waals surface area contributed by atoms with E-state index >= 15 is 0 Å². The van der Waals surface area contributed by atoms with Crippen LogP contribution in [0.4, 0.5) is 5.00 Å². The largest absolute Gasteiger partial charge is 0.462 e. The van der Waals surface area contributed by atoms with E-state index in [-0.39, 0.29) is 40.5 Å². The van der Waals surface area contributed by atoms with Crippen LogP contribution in [0, 0.1) is 19.8 Å². The third kappa shape index (κ3) is 5.59. The zero-order valence-corrected chi connectivity index (χ0v) is 22.1. The lowest BCUT2D eigenvalue weighted by atomic mass is 10.1. The van der Waals surface area contributed by atoms with E-state index < -0.39 is 11.9 Å². The molecule has 0 aliphatic rings. The van der Waals surface area contributed by atoms with E-state index in [0.29, 0.717) is 17.8 Å². The Morgan fingerprint density at radius 2 is 1.74 bits per heavy atom. The lowest BCUT2D eigenvalue weighted by Crippen LogP contribution is -2.19. The predicted molar refractivity (Wildman–Crippen MR) is 140 cm³/mol. The van der Waals surface area contributed by atoms with Gasteiger partial charge in [-0.2, -0.15) is 0 Å². The predicted octanol–water partition coefficient (Wildman–Crippen LogP) is 6.36. The molecule has 0 aliphatic heterocycles. The van der Waals surface area contributed by atoms with Crippen molar-refractivity contribution in [3.05, 3.63) is 51.5 Å². The number of rotatable bonds is 10. The molecule has 2 aromatic heterocycles.